The molecule has 4 rings (SSSR count). The van der Waals surface area contributed by atoms with Crippen LogP contribution in [0.4, 0.5) is 0 Å². The van der Waals surface area contributed by atoms with Crippen LogP contribution < -0.4 is 0 Å². The molecule has 34 heavy (non-hydrogen) atoms. The number of benzene rings is 2. The van der Waals surface area contributed by atoms with E-state index in [9.17, 15) is 14.4 Å². The zero-order chi connectivity index (χ0) is 24.1. The molecule has 0 N–H and O–H groups in total. The fraction of sp³-hybridized carbons (Fsp3) is 0.393. The van der Waals surface area contributed by atoms with Gasteiger partial charge in [-0.15, -0.1) is 0 Å². The Balaban J connectivity index is 1.43. The summed E-state index contributed by atoms with van der Waals surface area (Å²) in [7, 11) is 1.36. The number of halogens is 1. The number of carbonyl (C=O) groups excluding carboxylic acids is 3. The number of amides is 1. The highest BCUT2D eigenvalue weighted by atomic mass is 35.5. The summed E-state index contributed by atoms with van der Waals surface area (Å²) in [5.74, 6) is -0.138. The maximum absolute atomic E-state index is 13.4. The van der Waals surface area contributed by atoms with Crippen molar-refractivity contribution in [3.8, 4) is 0 Å². The molecule has 0 spiro atoms. The normalized spacial score (nSPS) is 19.6. The summed E-state index contributed by atoms with van der Waals surface area (Å²) in [6.07, 6.45) is 9.27. The third-order valence-corrected chi connectivity index (χ3v) is 7.44. The van der Waals surface area contributed by atoms with E-state index in [0.717, 1.165) is 43.2 Å². The number of nitrogens with zero attached hydrogens (tertiary/aromatic N) is 1. The second-order valence-electron chi connectivity index (χ2n) is 9.15. The van der Waals surface area contributed by atoms with Crippen molar-refractivity contribution in [2.45, 2.75) is 56.4 Å². The Bertz CT molecular complexity index is 1070. The van der Waals surface area contributed by atoms with Gasteiger partial charge in [0, 0.05) is 18.0 Å². The van der Waals surface area contributed by atoms with E-state index in [0.29, 0.717) is 30.0 Å². The van der Waals surface area contributed by atoms with E-state index in [-0.39, 0.29) is 23.7 Å². The van der Waals surface area contributed by atoms with E-state index in [2.05, 4.69) is 0 Å². The number of rotatable bonds is 8. The summed E-state index contributed by atoms with van der Waals surface area (Å²) in [5, 5.41) is 0.667. The Hall–Kier alpha value is -2.92. The van der Waals surface area contributed by atoms with Gasteiger partial charge in [-0.2, -0.15) is 0 Å². The fourth-order valence-electron chi connectivity index (χ4n) is 5.20. The average Bonchev–Trinajstić information content (AvgIpc) is 3.49. The predicted octanol–water partition coefficient (Wildman–Crippen LogP) is 5.30. The van der Waals surface area contributed by atoms with Crippen molar-refractivity contribution in [3.05, 3.63) is 82.4 Å². The van der Waals surface area contributed by atoms with Gasteiger partial charge in [-0.1, -0.05) is 54.8 Å². The Kier molecular flexibility index (Phi) is 7.52. The van der Waals surface area contributed by atoms with Crippen LogP contribution in [0.2, 0.25) is 5.02 Å². The van der Waals surface area contributed by atoms with Crippen LogP contribution in [0.5, 0.6) is 0 Å². The van der Waals surface area contributed by atoms with E-state index >= 15 is 0 Å². The molecule has 0 bridgehead atoms. The highest BCUT2D eigenvalue weighted by Crippen LogP contribution is 2.42. The van der Waals surface area contributed by atoms with Crippen molar-refractivity contribution >= 4 is 29.3 Å². The number of ether oxygens (including phenoxy) is 1. The number of ketones is 1. The topological polar surface area (TPSA) is 63.7 Å². The molecule has 6 heteroatoms. The summed E-state index contributed by atoms with van der Waals surface area (Å²) < 4.78 is 4.74. The van der Waals surface area contributed by atoms with Crippen LogP contribution in [0.1, 0.15) is 60.0 Å². The zero-order valence-electron chi connectivity index (χ0n) is 19.5. The monoisotopic (exact) mass is 479 g/mol. The van der Waals surface area contributed by atoms with Gasteiger partial charge in [0.15, 0.2) is 5.78 Å². The summed E-state index contributed by atoms with van der Waals surface area (Å²) in [4.78, 5) is 39.4. The first kappa shape index (κ1) is 24.2. The Morgan fingerprint density at radius 1 is 1.09 bits per heavy atom. The van der Waals surface area contributed by atoms with Gasteiger partial charge in [-0.25, -0.2) is 4.79 Å². The molecule has 1 saturated heterocycles. The highest BCUT2D eigenvalue weighted by Gasteiger charge is 2.41. The standard InChI is InChI=1S/C28H30ClNO4/c1-34-27(33)21-6-4-20(5-7-21)16-19-30-24(13-15-26(30)32)12-14-25(31)28(17-2-3-18-28)22-8-10-23(29)11-9-22/h4-12,14,24H,2-3,13,15-19H2,1H3/b14-12+/t24-/m0/s1. The van der Waals surface area contributed by atoms with Gasteiger partial charge in [-0.3, -0.25) is 9.59 Å². The zero-order valence-corrected chi connectivity index (χ0v) is 20.2. The molecule has 1 heterocycles. The van der Waals surface area contributed by atoms with E-state index < -0.39 is 5.41 Å². The molecular formula is C28H30ClNO4. The first-order valence-electron chi connectivity index (χ1n) is 11.9. The molecule has 2 aromatic rings. The van der Waals surface area contributed by atoms with Gasteiger partial charge in [0.1, 0.15) is 0 Å². The first-order chi connectivity index (χ1) is 16.4. The second-order valence-corrected chi connectivity index (χ2v) is 9.59. The van der Waals surface area contributed by atoms with Crippen LogP contribution in [-0.2, 0) is 26.2 Å². The van der Waals surface area contributed by atoms with Crippen LogP contribution in [0, 0.1) is 0 Å². The quantitative estimate of drug-likeness (QED) is 0.381. The molecule has 1 aliphatic heterocycles. The van der Waals surface area contributed by atoms with Gasteiger partial charge >= 0.3 is 5.97 Å². The van der Waals surface area contributed by atoms with E-state index in [1.54, 1.807) is 18.2 Å². The van der Waals surface area contributed by atoms with Crippen LogP contribution in [0.25, 0.3) is 0 Å². The molecule has 0 radical (unpaired) electrons. The Morgan fingerprint density at radius 2 is 1.76 bits per heavy atom. The van der Waals surface area contributed by atoms with Crippen LogP contribution in [0.3, 0.4) is 0 Å². The minimum atomic E-state index is -0.490. The smallest absolute Gasteiger partial charge is 0.337 e. The third kappa shape index (κ3) is 5.10. The number of esters is 1. The number of hydrogen-bond acceptors (Lipinski definition) is 4. The van der Waals surface area contributed by atoms with Crippen molar-refractivity contribution in [1.82, 2.24) is 4.90 Å². The summed E-state index contributed by atoms with van der Waals surface area (Å²) in [6.45, 7) is 0.571. The second kappa shape index (κ2) is 10.6. The highest BCUT2D eigenvalue weighted by molar-refractivity contribution is 6.30. The molecule has 1 saturated carbocycles. The molecule has 178 valence electrons. The van der Waals surface area contributed by atoms with Gasteiger partial charge in [0.2, 0.25) is 5.91 Å². The molecule has 2 aliphatic rings. The van der Waals surface area contributed by atoms with Gasteiger partial charge < -0.3 is 9.64 Å². The Labute approximate surface area is 205 Å². The number of allylic oxidation sites excluding steroid dienone is 1. The fourth-order valence-corrected chi connectivity index (χ4v) is 5.33. The minimum absolute atomic E-state index is 0.0746. The molecular weight excluding hydrogens is 450 g/mol. The van der Waals surface area contributed by atoms with E-state index in [4.69, 9.17) is 16.3 Å². The number of likely N-dealkylation sites (tertiary alicyclic amines) is 1. The van der Waals surface area contributed by atoms with E-state index in [1.807, 2.05) is 47.4 Å². The van der Waals surface area contributed by atoms with E-state index in [1.165, 1.54) is 7.11 Å². The lowest BCUT2D eigenvalue weighted by Crippen LogP contribution is -2.35. The largest absolute Gasteiger partial charge is 0.465 e. The van der Waals surface area contributed by atoms with Crippen molar-refractivity contribution < 1.29 is 19.1 Å². The number of hydrogen-bond donors (Lipinski definition) is 0. The lowest BCUT2D eigenvalue weighted by molar-refractivity contribution is -0.128. The minimum Gasteiger partial charge on any atom is -0.465 e. The molecule has 2 aromatic carbocycles. The van der Waals surface area contributed by atoms with Crippen molar-refractivity contribution in [2.75, 3.05) is 13.7 Å². The molecule has 1 aliphatic carbocycles. The van der Waals surface area contributed by atoms with Gasteiger partial charge in [0.25, 0.3) is 0 Å². The van der Waals surface area contributed by atoms with Crippen LogP contribution in [-0.4, -0.2) is 42.3 Å². The summed E-state index contributed by atoms with van der Waals surface area (Å²) in [5.41, 5.74) is 2.08. The van der Waals surface area contributed by atoms with Crippen molar-refractivity contribution in [2.24, 2.45) is 0 Å². The number of carbonyl (C=O) groups is 3. The van der Waals surface area contributed by atoms with Gasteiger partial charge in [0.05, 0.1) is 24.1 Å². The maximum atomic E-state index is 13.4. The lowest BCUT2D eigenvalue weighted by atomic mass is 9.75. The molecule has 0 unspecified atom stereocenters. The van der Waals surface area contributed by atoms with Crippen LogP contribution >= 0.6 is 11.6 Å². The summed E-state index contributed by atoms with van der Waals surface area (Å²) >= 11 is 6.07. The lowest BCUT2D eigenvalue weighted by Gasteiger charge is -2.27. The molecule has 1 atom stereocenters. The molecule has 5 nitrogen and oxygen atoms in total. The first-order valence-corrected chi connectivity index (χ1v) is 12.3. The van der Waals surface area contributed by atoms with Crippen LogP contribution in [0.15, 0.2) is 60.7 Å². The SMILES string of the molecule is COC(=O)c1ccc(CCN2C(=O)CC[C@@H]2/C=C/C(=O)C2(c3ccc(Cl)cc3)CCCC2)cc1. The van der Waals surface area contributed by atoms with Crippen molar-refractivity contribution in [1.29, 1.82) is 0 Å². The maximum Gasteiger partial charge on any atom is 0.337 e. The molecule has 1 amide bonds. The Morgan fingerprint density at radius 3 is 2.41 bits per heavy atom. The van der Waals surface area contributed by atoms with Gasteiger partial charge in [-0.05, 0) is 67.2 Å². The third-order valence-electron chi connectivity index (χ3n) is 7.19. The predicted molar refractivity (Wildman–Crippen MR) is 132 cm³/mol. The molecule has 2 fully saturated rings. The van der Waals surface area contributed by atoms with Crippen molar-refractivity contribution in [3.63, 3.8) is 0 Å². The average molecular weight is 480 g/mol. The molecule has 0 aromatic heterocycles. The number of methoxy groups -OCH3 is 1. The summed E-state index contributed by atoms with van der Waals surface area (Å²) in [6, 6.07) is 14.8.